The van der Waals surface area contributed by atoms with E-state index in [1.807, 2.05) is 0 Å². The second-order valence-electron chi connectivity index (χ2n) is 2.57. The van der Waals surface area contributed by atoms with Gasteiger partial charge in [-0.05, 0) is 17.7 Å². The maximum atomic E-state index is 11.3. The van der Waals surface area contributed by atoms with Gasteiger partial charge >= 0.3 is 5.97 Å². The highest BCUT2D eigenvalue weighted by Crippen LogP contribution is 2.16. The lowest BCUT2D eigenvalue weighted by Crippen LogP contribution is -2.06. The molecule has 0 amide bonds. The Morgan fingerprint density at radius 1 is 1.57 bits per heavy atom. The summed E-state index contributed by atoms with van der Waals surface area (Å²) in [5, 5.41) is 0.0255. The molecule has 0 saturated heterocycles. The van der Waals surface area contributed by atoms with Crippen molar-refractivity contribution in [3.63, 3.8) is 0 Å². The summed E-state index contributed by atoms with van der Waals surface area (Å²) in [6.07, 6.45) is 1.65. The molecule has 5 nitrogen and oxygen atoms in total. The third-order valence-electron chi connectivity index (χ3n) is 1.76. The van der Waals surface area contributed by atoms with E-state index in [0.717, 1.165) is 0 Å². The van der Waals surface area contributed by atoms with E-state index in [1.165, 1.54) is 7.11 Å². The topological polar surface area (TPSA) is 67.9 Å². The first-order chi connectivity index (χ1) is 6.72. The summed E-state index contributed by atoms with van der Waals surface area (Å²) in [6, 6.07) is 1.70. The number of carbonyl (C=O) groups excluding carboxylic acids is 1. The standard InChI is InChI=1S/C8H6ClN3O2/c1-14-7(13)6-5-4(2-3-10-5)11-8(9)12-6/h2-3,10H,1H3. The first-order valence-corrected chi connectivity index (χ1v) is 4.19. The highest BCUT2D eigenvalue weighted by Gasteiger charge is 2.15. The van der Waals surface area contributed by atoms with Crippen LogP contribution in [0.3, 0.4) is 0 Å². The van der Waals surface area contributed by atoms with Crippen molar-refractivity contribution in [1.29, 1.82) is 0 Å². The second kappa shape index (κ2) is 3.26. The predicted octanol–water partition coefficient (Wildman–Crippen LogP) is 1.40. The van der Waals surface area contributed by atoms with Gasteiger partial charge in [0.05, 0.1) is 18.1 Å². The van der Waals surface area contributed by atoms with E-state index in [0.29, 0.717) is 11.0 Å². The van der Waals surface area contributed by atoms with E-state index >= 15 is 0 Å². The maximum absolute atomic E-state index is 11.3. The monoisotopic (exact) mass is 211 g/mol. The minimum absolute atomic E-state index is 0.0255. The molecule has 2 aromatic rings. The minimum Gasteiger partial charge on any atom is -0.464 e. The quantitative estimate of drug-likeness (QED) is 0.572. The van der Waals surface area contributed by atoms with Crippen LogP contribution in [0.1, 0.15) is 10.5 Å². The first-order valence-electron chi connectivity index (χ1n) is 3.81. The number of aromatic amines is 1. The van der Waals surface area contributed by atoms with Crippen LogP contribution < -0.4 is 0 Å². The number of hydrogen-bond donors (Lipinski definition) is 1. The number of ether oxygens (including phenoxy) is 1. The lowest BCUT2D eigenvalue weighted by molar-refractivity contribution is 0.0596. The fourth-order valence-corrected chi connectivity index (χ4v) is 1.34. The summed E-state index contributed by atoms with van der Waals surface area (Å²) in [4.78, 5) is 21.9. The summed E-state index contributed by atoms with van der Waals surface area (Å²) in [7, 11) is 1.28. The van der Waals surface area contributed by atoms with Crippen LogP contribution in [0, 0.1) is 0 Å². The van der Waals surface area contributed by atoms with Crippen LogP contribution in [0.25, 0.3) is 11.0 Å². The van der Waals surface area contributed by atoms with Gasteiger partial charge in [0.25, 0.3) is 0 Å². The molecule has 0 unspecified atom stereocenters. The largest absolute Gasteiger partial charge is 0.464 e. The summed E-state index contributed by atoms with van der Waals surface area (Å²) < 4.78 is 4.56. The summed E-state index contributed by atoms with van der Waals surface area (Å²) in [5.74, 6) is -0.540. The number of nitrogens with one attached hydrogen (secondary N) is 1. The van der Waals surface area contributed by atoms with Gasteiger partial charge < -0.3 is 9.72 Å². The molecule has 6 heteroatoms. The molecule has 2 aromatic heterocycles. The Morgan fingerprint density at radius 2 is 2.36 bits per heavy atom. The molecule has 0 saturated carbocycles. The molecular weight excluding hydrogens is 206 g/mol. The van der Waals surface area contributed by atoms with E-state index in [1.54, 1.807) is 12.3 Å². The Labute approximate surface area is 84.1 Å². The molecular formula is C8H6ClN3O2. The van der Waals surface area contributed by atoms with E-state index < -0.39 is 5.97 Å². The SMILES string of the molecule is COC(=O)c1nc(Cl)nc2cc[nH]c12. The Balaban J connectivity index is 2.72. The molecule has 1 N–H and O–H groups in total. The van der Waals surface area contributed by atoms with Crippen LogP contribution in [0.5, 0.6) is 0 Å². The number of methoxy groups -OCH3 is 1. The second-order valence-corrected chi connectivity index (χ2v) is 2.91. The molecule has 0 aromatic carbocycles. The third kappa shape index (κ3) is 1.31. The van der Waals surface area contributed by atoms with Gasteiger partial charge in [0.15, 0.2) is 5.69 Å². The number of carbonyl (C=O) groups is 1. The van der Waals surface area contributed by atoms with Crippen molar-refractivity contribution in [2.45, 2.75) is 0 Å². The number of rotatable bonds is 1. The highest BCUT2D eigenvalue weighted by atomic mass is 35.5. The van der Waals surface area contributed by atoms with Gasteiger partial charge in [-0.25, -0.2) is 14.8 Å². The van der Waals surface area contributed by atoms with E-state index in [2.05, 4.69) is 19.7 Å². The third-order valence-corrected chi connectivity index (χ3v) is 1.93. The number of nitrogens with zero attached hydrogens (tertiary/aromatic N) is 2. The molecule has 0 aliphatic heterocycles. The van der Waals surface area contributed by atoms with Crippen LogP contribution in [-0.2, 0) is 4.74 Å². The molecule has 0 bridgehead atoms. The van der Waals surface area contributed by atoms with Gasteiger partial charge in [0.1, 0.15) is 0 Å². The lowest BCUT2D eigenvalue weighted by Gasteiger charge is -1.99. The zero-order chi connectivity index (χ0) is 10.1. The van der Waals surface area contributed by atoms with Crippen LogP contribution in [0.15, 0.2) is 12.3 Å². The molecule has 0 radical (unpaired) electrons. The summed E-state index contributed by atoms with van der Waals surface area (Å²) >= 11 is 5.64. The molecule has 0 spiro atoms. The summed E-state index contributed by atoms with van der Waals surface area (Å²) in [6.45, 7) is 0. The molecule has 14 heavy (non-hydrogen) atoms. The Morgan fingerprint density at radius 3 is 3.07 bits per heavy atom. The van der Waals surface area contributed by atoms with Crippen molar-refractivity contribution < 1.29 is 9.53 Å². The van der Waals surface area contributed by atoms with E-state index in [4.69, 9.17) is 11.6 Å². The Bertz CT molecular complexity index is 494. The minimum atomic E-state index is -0.540. The fourth-order valence-electron chi connectivity index (χ4n) is 1.16. The fraction of sp³-hybridized carbons (Fsp3) is 0.125. The zero-order valence-corrected chi connectivity index (χ0v) is 8.00. The predicted molar refractivity (Wildman–Crippen MR) is 50.2 cm³/mol. The van der Waals surface area contributed by atoms with Crippen molar-refractivity contribution in [3.8, 4) is 0 Å². The van der Waals surface area contributed by atoms with Gasteiger partial charge in [0, 0.05) is 6.20 Å². The normalized spacial score (nSPS) is 10.4. The highest BCUT2D eigenvalue weighted by molar-refractivity contribution is 6.28. The number of H-pyrrole nitrogens is 1. The van der Waals surface area contributed by atoms with Crippen LogP contribution in [-0.4, -0.2) is 28.0 Å². The molecule has 0 aliphatic rings. The Hall–Kier alpha value is -1.62. The van der Waals surface area contributed by atoms with Crippen LogP contribution in [0.4, 0.5) is 0 Å². The number of hydrogen-bond acceptors (Lipinski definition) is 4. The first kappa shape index (κ1) is 8.96. The molecule has 2 rings (SSSR count). The van der Waals surface area contributed by atoms with Crippen molar-refractivity contribution >= 4 is 28.6 Å². The van der Waals surface area contributed by atoms with E-state index in [-0.39, 0.29) is 11.0 Å². The molecule has 0 aliphatic carbocycles. The molecule has 0 atom stereocenters. The van der Waals surface area contributed by atoms with E-state index in [9.17, 15) is 4.79 Å². The van der Waals surface area contributed by atoms with Gasteiger partial charge in [-0.2, -0.15) is 0 Å². The van der Waals surface area contributed by atoms with Crippen molar-refractivity contribution in [1.82, 2.24) is 15.0 Å². The number of halogens is 1. The van der Waals surface area contributed by atoms with Crippen LogP contribution >= 0.6 is 11.6 Å². The van der Waals surface area contributed by atoms with Crippen molar-refractivity contribution in [3.05, 3.63) is 23.2 Å². The molecule has 0 fully saturated rings. The zero-order valence-electron chi connectivity index (χ0n) is 7.24. The molecule has 72 valence electrons. The van der Waals surface area contributed by atoms with Crippen LogP contribution in [0.2, 0.25) is 5.28 Å². The summed E-state index contributed by atoms with van der Waals surface area (Å²) in [5.41, 5.74) is 1.26. The average Bonchev–Trinajstić information content (AvgIpc) is 2.62. The van der Waals surface area contributed by atoms with Gasteiger partial charge in [-0.1, -0.05) is 0 Å². The average molecular weight is 212 g/mol. The smallest absolute Gasteiger partial charge is 0.359 e. The number of esters is 1. The molecule has 2 heterocycles. The lowest BCUT2D eigenvalue weighted by atomic mass is 10.3. The van der Waals surface area contributed by atoms with Crippen molar-refractivity contribution in [2.24, 2.45) is 0 Å². The van der Waals surface area contributed by atoms with Gasteiger partial charge in [0.2, 0.25) is 5.28 Å². The number of fused-ring (bicyclic) bond motifs is 1. The maximum Gasteiger partial charge on any atom is 0.359 e. The van der Waals surface area contributed by atoms with Gasteiger partial charge in [-0.15, -0.1) is 0 Å². The van der Waals surface area contributed by atoms with Gasteiger partial charge in [-0.3, -0.25) is 0 Å². The van der Waals surface area contributed by atoms with Crippen molar-refractivity contribution in [2.75, 3.05) is 7.11 Å². The Kier molecular flexibility index (Phi) is 2.09. The number of aromatic nitrogens is 3.